The van der Waals surface area contributed by atoms with E-state index in [2.05, 4.69) is 4.90 Å². The fraction of sp³-hybridized carbons (Fsp3) is 0.318. The predicted octanol–water partition coefficient (Wildman–Crippen LogP) is 4.01. The maximum atomic E-state index is 13.2. The first-order valence-electron chi connectivity index (χ1n) is 9.13. The molecular formula is C22H24FNO3. The Labute approximate surface area is 157 Å². The molecule has 3 aromatic rings. The minimum absolute atomic E-state index is 0.0183. The van der Waals surface area contributed by atoms with Gasteiger partial charge in [0.05, 0.1) is 6.61 Å². The number of aliphatic hydroxyl groups excluding tert-OH is 1. The number of rotatable bonds is 7. The predicted molar refractivity (Wildman–Crippen MR) is 104 cm³/mol. The van der Waals surface area contributed by atoms with Crippen LogP contribution in [0.25, 0.3) is 11.0 Å². The normalized spacial score (nSPS) is 12.6. The van der Waals surface area contributed by atoms with Crippen molar-refractivity contribution in [2.75, 3.05) is 6.61 Å². The van der Waals surface area contributed by atoms with E-state index in [9.17, 15) is 14.3 Å². The van der Waals surface area contributed by atoms with Crippen LogP contribution in [-0.4, -0.2) is 22.7 Å². The van der Waals surface area contributed by atoms with Crippen LogP contribution in [-0.2, 0) is 13.1 Å². The zero-order chi connectivity index (χ0) is 19.4. The van der Waals surface area contributed by atoms with Gasteiger partial charge in [0.15, 0.2) is 0 Å². The second-order valence-corrected chi connectivity index (χ2v) is 6.86. The summed E-state index contributed by atoms with van der Waals surface area (Å²) in [6, 6.07) is 13.7. The minimum Gasteiger partial charge on any atom is -0.423 e. The van der Waals surface area contributed by atoms with Gasteiger partial charge in [0, 0.05) is 30.6 Å². The third-order valence-electron chi connectivity index (χ3n) is 4.90. The topological polar surface area (TPSA) is 53.7 Å². The molecule has 0 aliphatic rings. The van der Waals surface area contributed by atoms with Gasteiger partial charge in [-0.15, -0.1) is 0 Å². The third-order valence-corrected chi connectivity index (χ3v) is 4.90. The molecule has 142 valence electrons. The first-order chi connectivity index (χ1) is 13.0. The summed E-state index contributed by atoms with van der Waals surface area (Å²) < 4.78 is 18.5. The zero-order valence-corrected chi connectivity index (χ0v) is 15.6. The van der Waals surface area contributed by atoms with Crippen molar-refractivity contribution in [2.24, 2.45) is 0 Å². The lowest BCUT2D eigenvalue weighted by atomic mass is 10.1. The molecule has 0 radical (unpaired) electrons. The van der Waals surface area contributed by atoms with Crippen molar-refractivity contribution in [3.05, 3.63) is 81.5 Å². The molecule has 1 N–H and O–H groups in total. The summed E-state index contributed by atoms with van der Waals surface area (Å²) in [5, 5.41) is 10.7. The highest BCUT2D eigenvalue weighted by molar-refractivity contribution is 5.80. The number of fused-ring (bicyclic) bond motifs is 1. The lowest BCUT2D eigenvalue weighted by Gasteiger charge is -2.30. The molecule has 3 rings (SSSR count). The van der Waals surface area contributed by atoms with Crippen LogP contribution >= 0.6 is 0 Å². The van der Waals surface area contributed by atoms with Crippen molar-refractivity contribution < 1.29 is 13.9 Å². The fourth-order valence-electron chi connectivity index (χ4n) is 3.34. The monoisotopic (exact) mass is 369 g/mol. The van der Waals surface area contributed by atoms with Crippen LogP contribution in [0, 0.1) is 12.7 Å². The molecule has 4 nitrogen and oxygen atoms in total. The number of hydrogen-bond acceptors (Lipinski definition) is 4. The molecule has 0 bridgehead atoms. The van der Waals surface area contributed by atoms with E-state index in [0.717, 1.165) is 28.5 Å². The van der Waals surface area contributed by atoms with Gasteiger partial charge in [-0.2, -0.15) is 0 Å². The number of benzene rings is 2. The Bertz CT molecular complexity index is 961. The van der Waals surface area contributed by atoms with E-state index in [-0.39, 0.29) is 24.1 Å². The van der Waals surface area contributed by atoms with Gasteiger partial charge in [0.1, 0.15) is 11.4 Å². The number of halogens is 1. The zero-order valence-electron chi connectivity index (χ0n) is 15.6. The van der Waals surface area contributed by atoms with Gasteiger partial charge in [-0.3, -0.25) is 4.90 Å². The van der Waals surface area contributed by atoms with E-state index in [0.29, 0.717) is 18.7 Å². The molecule has 1 atom stereocenters. The van der Waals surface area contributed by atoms with E-state index in [1.54, 1.807) is 12.1 Å². The molecule has 0 spiro atoms. The third kappa shape index (κ3) is 4.62. The number of nitrogens with zero attached hydrogens (tertiary/aromatic N) is 1. The summed E-state index contributed by atoms with van der Waals surface area (Å²) >= 11 is 0. The lowest BCUT2D eigenvalue weighted by molar-refractivity contribution is 0.107. The lowest BCUT2D eigenvalue weighted by Crippen LogP contribution is -2.36. The van der Waals surface area contributed by atoms with Gasteiger partial charge in [-0.25, -0.2) is 9.18 Å². The average Bonchev–Trinajstić information content (AvgIpc) is 2.64. The molecule has 0 saturated heterocycles. The Balaban J connectivity index is 1.89. The van der Waals surface area contributed by atoms with Crippen molar-refractivity contribution in [3.8, 4) is 0 Å². The fourth-order valence-corrected chi connectivity index (χ4v) is 3.34. The SMILES string of the molecule is CCC(CO)N(Cc1ccc(F)cc1)Cc1ccc2c(C)cc(=O)oc2c1. The van der Waals surface area contributed by atoms with Crippen LogP contribution in [0.3, 0.4) is 0 Å². The molecule has 1 unspecified atom stereocenters. The van der Waals surface area contributed by atoms with Crippen molar-refractivity contribution in [2.45, 2.75) is 39.4 Å². The van der Waals surface area contributed by atoms with Crippen molar-refractivity contribution in [1.82, 2.24) is 4.90 Å². The molecular weight excluding hydrogens is 345 g/mol. The highest BCUT2D eigenvalue weighted by atomic mass is 19.1. The minimum atomic E-state index is -0.359. The summed E-state index contributed by atoms with van der Waals surface area (Å²) in [5.41, 5.74) is 3.06. The Morgan fingerprint density at radius 3 is 2.41 bits per heavy atom. The van der Waals surface area contributed by atoms with Gasteiger partial charge in [0.2, 0.25) is 0 Å². The number of aryl methyl sites for hydroxylation is 1. The van der Waals surface area contributed by atoms with Gasteiger partial charge >= 0.3 is 5.63 Å². The summed E-state index contributed by atoms with van der Waals surface area (Å²) in [7, 11) is 0. The molecule has 0 amide bonds. The summed E-state index contributed by atoms with van der Waals surface area (Å²) in [6.45, 7) is 5.14. The molecule has 2 aromatic carbocycles. The molecule has 5 heteroatoms. The van der Waals surface area contributed by atoms with E-state index >= 15 is 0 Å². The smallest absolute Gasteiger partial charge is 0.336 e. The maximum absolute atomic E-state index is 13.2. The van der Waals surface area contributed by atoms with E-state index in [1.165, 1.54) is 18.2 Å². The number of hydrogen-bond donors (Lipinski definition) is 1. The highest BCUT2D eigenvalue weighted by Gasteiger charge is 2.17. The van der Waals surface area contributed by atoms with Gasteiger partial charge < -0.3 is 9.52 Å². The molecule has 0 saturated carbocycles. The Morgan fingerprint density at radius 2 is 1.74 bits per heavy atom. The quantitative estimate of drug-likeness (QED) is 0.639. The second-order valence-electron chi connectivity index (χ2n) is 6.86. The molecule has 0 aliphatic carbocycles. The summed E-state index contributed by atoms with van der Waals surface area (Å²) in [4.78, 5) is 13.8. The van der Waals surface area contributed by atoms with Crippen LogP contribution < -0.4 is 5.63 Å². The molecule has 27 heavy (non-hydrogen) atoms. The van der Waals surface area contributed by atoms with Crippen LogP contribution in [0.4, 0.5) is 4.39 Å². The van der Waals surface area contributed by atoms with Crippen molar-refractivity contribution in [1.29, 1.82) is 0 Å². The summed E-state index contributed by atoms with van der Waals surface area (Å²) in [6.07, 6.45) is 0.791. The first-order valence-corrected chi connectivity index (χ1v) is 9.13. The van der Waals surface area contributed by atoms with E-state index < -0.39 is 0 Å². The Hall–Kier alpha value is -2.50. The van der Waals surface area contributed by atoms with E-state index in [1.807, 2.05) is 32.0 Å². The van der Waals surface area contributed by atoms with Gasteiger partial charge in [-0.1, -0.05) is 31.2 Å². The first kappa shape index (κ1) is 19.3. The van der Waals surface area contributed by atoms with Crippen molar-refractivity contribution >= 4 is 11.0 Å². The average molecular weight is 369 g/mol. The van der Waals surface area contributed by atoms with Gasteiger partial charge in [-0.05, 0) is 48.2 Å². The van der Waals surface area contributed by atoms with E-state index in [4.69, 9.17) is 4.42 Å². The Morgan fingerprint density at radius 1 is 1.07 bits per heavy atom. The summed E-state index contributed by atoms with van der Waals surface area (Å²) in [5.74, 6) is -0.264. The molecule has 1 heterocycles. The maximum Gasteiger partial charge on any atom is 0.336 e. The highest BCUT2D eigenvalue weighted by Crippen LogP contribution is 2.21. The van der Waals surface area contributed by atoms with Crippen molar-refractivity contribution in [3.63, 3.8) is 0 Å². The molecule has 1 aromatic heterocycles. The molecule has 0 aliphatic heterocycles. The van der Waals surface area contributed by atoms with Crippen LogP contribution in [0.15, 0.2) is 57.7 Å². The number of aliphatic hydroxyl groups is 1. The second kappa shape index (κ2) is 8.46. The van der Waals surface area contributed by atoms with Crippen LogP contribution in [0.1, 0.15) is 30.0 Å². The largest absolute Gasteiger partial charge is 0.423 e. The Kier molecular flexibility index (Phi) is 6.04. The molecule has 0 fully saturated rings. The van der Waals surface area contributed by atoms with Crippen LogP contribution in [0.2, 0.25) is 0 Å². The van der Waals surface area contributed by atoms with Crippen LogP contribution in [0.5, 0.6) is 0 Å². The standard InChI is InChI=1S/C22H24FNO3/c1-3-19(14-25)24(12-16-4-7-18(23)8-5-16)13-17-6-9-20-15(2)10-22(26)27-21(20)11-17/h4-11,19,25H,3,12-14H2,1-2H3. The van der Waals surface area contributed by atoms with Gasteiger partial charge in [0.25, 0.3) is 0 Å².